The Balaban J connectivity index is 1.86. The number of hydrogen-bond acceptors (Lipinski definition) is 2. The quantitative estimate of drug-likeness (QED) is 0.781. The average molecular weight is 240 g/mol. The zero-order valence-electron chi connectivity index (χ0n) is 10.2. The molecule has 2 unspecified atom stereocenters. The van der Waals surface area contributed by atoms with E-state index in [0.717, 1.165) is 12.8 Å². The summed E-state index contributed by atoms with van der Waals surface area (Å²) in [5.41, 5.74) is 0. The van der Waals surface area contributed by atoms with Gasteiger partial charge in [-0.3, -0.25) is 4.79 Å². The molecular formula is C12H20N2O3. The summed E-state index contributed by atoms with van der Waals surface area (Å²) in [7, 11) is 0. The van der Waals surface area contributed by atoms with Gasteiger partial charge in [0.1, 0.15) is 0 Å². The molecule has 2 atom stereocenters. The van der Waals surface area contributed by atoms with E-state index in [4.69, 9.17) is 5.11 Å². The molecule has 17 heavy (non-hydrogen) atoms. The fourth-order valence-electron chi connectivity index (χ4n) is 2.51. The second kappa shape index (κ2) is 4.94. The third-order valence-corrected chi connectivity index (χ3v) is 3.73. The first kappa shape index (κ1) is 12.2. The predicted octanol–water partition coefficient (Wildman–Crippen LogP) is 1.43. The van der Waals surface area contributed by atoms with Crippen molar-refractivity contribution in [1.82, 2.24) is 10.2 Å². The third kappa shape index (κ3) is 3.11. The van der Waals surface area contributed by atoms with Gasteiger partial charge in [0.2, 0.25) is 0 Å². The lowest BCUT2D eigenvalue weighted by Crippen LogP contribution is -2.47. The number of hydrogen-bond donors (Lipinski definition) is 2. The molecule has 0 bridgehead atoms. The minimum Gasteiger partial charge on any atom is -0.481 e. The molecule has 1 aliphatic carbocycles. The van der Waals surface area contributed by atoms with Crippen LogP contribution in [0.25, 0.3) is 0 Å². The molecule has 5 heteroatoms. The van der Waals surface area contributed by atoms with Crippen LogP contribution >= 0.6 is 0 Å². The number of urea groups is 1. The lowest BCUT2D eigenvalue weighted by atomic mass is 10.1. The van der Waals surface area contributed by atoms with Crippen LogP contribution in [0, 0.1) is 5.92 Å². The molecule has 1 saturated carbocycles. The molecule has 2 N–H and O–H groups in total. The van der Waals surface area contributed by atoms with Crippen LogP contribution in [0.1, 0.15) is 39.0 Å². The van der Waals surface area contributed by atoms with Crippen molar-refractivity contribution in [2.45, 2.75) is 51.1 Å². The van der Waals surface area contributed by atoms with E-state index in [9.17, 15) is 9.59 Å². The van der Waals surface area contributed by atoms with Crippen molar-refractivity contribution in [2.24, 2.45) is 5.92 Å². The minimum atomic E-state index is -0.829. The molecule has 1 aliphatic heterocycles. The number of nitrogens with zero attached hydrogens (tertiary/aromatic N) is 1. The first-order chi connectivity index (χ1) is 8.08. The summed E-state index contributed by atoms with van der Waals surface area (Å²) >= 11 is 0. The fraction of sp³-hybridized carbons (Fsp3) is 0.833. The van der Waals surface area contributed by atoms with Crippen LogP contribution in [-0.4, -0.2) is 40.6 Å². The van der Waals surface area contributed by atoms with E-state index in [1.807, 2.05) is 6.92 Å². The Bertz CT molecular complexity index is 315. The fourth-order valence-corrected chi connectivity index (χ4v) is 2.51. The van der Waals surface area contributed by atoms with Gasteiger partial charge in [-0.1, -0.05) is 0 Å². The van der Waals surface area contributed by atoms with Crippen LogP contribution in [0.4, 0.5) is 4.79 Å². The molecule has 2 rings (SSSR count). The maximum absolute atomic E-state index is 12.0. The van der Waals surface area contributed by atoms with Gasteiger partial charge in [0.05, 0.1) is 6.42 Å². The molecule has 1 saturated heterocycles. The number of aliphatic carboxylic acids is 1. The first-order valence-corrected chi connectivity index (χ1v) is 6.37. The number of amides is 2. The monoisotopic (exact) mass is 240 g/mol. The number of carbonyl (C=O) groups excluding carboxylic acids is 1. The Labute approximate surface area is 101 Å². The number of carbonyl (C=O) groups is 2. The van der Waals surface area contributed by atoms with Crippen molar-refractivity contribution in [3.8, 4) is 0 Å². The molecule has 2 fully saturated rings. The highest BCUT2D eigenvalue weighted by molar-refractivity contribution is 5.76. The van der Waals surface area contributed by atoms with E-state index in [-0.39, 0.29) is 24.5 Å². The SMILES string of the molecule is CC(NC(=O)N1CCCC1CC(=O)O)C1CC1. The Morgan fingerprint density at radius 1 is 1.41 bits per heavy atom. The van der Waals surface area contributed by atoms with Crippen molar-refractivity contribution >= 4 is 12.0 Å². The summed E-state index contributed by atoms with van der Waals surface area (Å²) in [5, 5.41) is 11.8. The van der Waals surface area contributed by atoms with Gasteiger partial charge in [-0.2, -0.15) is 0 Å². The minimum absolute atomic E-state index is 0.0607. The van der Waals surface area contributed by atoms with Crippen LogP contribution < -0.4 is 5.32 Å². The molecule has 1 heterocycles. The summed E-state index contributed by atoms with van der Waals surface area (Å²) in [6.07, 6.45) is 4.16. The van der Waals surface area contributed by atoms with E-state index in [1.165, 1.54) is 12.8 Å². The molecule has 0 aromatic rings. The molecule has 5 nitrogen and oxygen atoms in total. The van der Waals surface area contributed by atoms with Crippen molar-refractivity contribution in [3.05, 3.63) is 0 Å². The van der Waals surface area contributed by atoms with Gasteiger partial charge in [-0.15, -0.1) is 0 Å². The van der Waals surface area contributed by atoms with Gasteiger partial charge in [0.15, 0.2) is 0 Å². The van der Waals surface area contributed by atoms with E-state index in [0.29, 0.717) is 12.5 Å². The topological polar surface area (TPSA) is 69.6 Å². The van der Waals surface area contributed by atoms with Gasteiger partial charge in [0, 0.05) is 18.6 Å². The number of nitrogens with one attached hydrogen (secondary N) is 1. The standard InChI is InChI=1S/C12H20N2O3/c1-8(9-4-5-9)13-12(17)14-6-2-3-10(14)7-11(15)16/h8-10H,2-7H2,1H3,(H,13,17)(H,15,16). The first-order valence-electron chi connectivity index (χ1n) is 6.37. The maximum Gasteiger partial charge on any atom is 0.317 e. The Hall–Kier alpha value is -1.26. The van der Waals surface area contributed by atoms with E-state index in [1.54, 1.807) is 4.90 Å². The zero-order valence-corrected chi connectivity index (χ0v) is 10.2. The maximum atomic E-state index is 12.0. The number of likely N-dealkylation sites (tertiary alicyclic amines) is 1. The van der Waals surface area contributed by atoms with Crippen LogP contribution in [-0.2, 0) is 4.79 Å². The Morgan fingerprint density at radius 3 is 2.71 bits per heavy atom. The second-order valence-electron chi connectivity index (χ2n) is 5.16. The van der Waals surface area contributed by atoms with Gasteiger partial charge in [-0.05, 0) is 38.5 Å². The zero-order chi connectivity index (χ0) is 12.4. The summed E-state index contributed by atoms with van der Waals surface area (Å²) < 4.78 is 0. The highest BCUT2D eigenvalue weighted by Gasteiger charge is 2.34. The number of carboxylic acids is 1. The van der Waals surface area contributed by atoms with E-state index in [2.05, 4.69) is 5.32 Å². The van der Waals surface area contributed by atoms with E-state index < -0.39 is 5.97 Å². The molecule has 0 spiro atoms. The van der Waals surface area contributed by atoms with Crippen LogP contribution in [0.2, 0.25) is 0 Å². The molecule has 0 aromatic carbocycles. The van der Waals surface area contributed by atoms with Gasteiger partial charge < -0.3 is 15.3 Å². The van der Waals surface area contributed by atoms with Gasteiger partial charge in [-0.25, -0.2) is 4.79 Å². The lowest BCUT2D eigenvalue weighted by Gasteiger charge is -2.25. The average Bonchev–Trinajstić information content (AvgIpc) is 2.99. The van der Waals surface area contributed by atoms with Crippen molar-refractivity contribution < 1.29 is 14.7 Å². The summed E-state index contributed by atoms with van der Waals surface area (Å²) in [6.45, 7) is 2.71. The molecule has 2 aliphatic rings. The largest absolute Gasteiger partial charge is 0.481 e. The Morgan fingerprint density at radius 2 is 2.12 bits per heavy atom. The highest BCUT2D eigenvalue weighted by atomic mass is 16.4. The smallest absolute Gasteiger partial charge is 0.317 e. The molecular weight excluding hydrogens is 220 g/mol. The summed E-state index contributed by atoms with van der Waals surface area (Å²) in [5.74, 6) is -0.204. The van der Waals surface area contributed by atoms with Crippen LogP contribution in [0.5, 0.6) is 0 Å². The molecule has 96 valence electrons. The van der Waals surface area contributed by atoms with Crippen molar-refractivity contribution in [2.75, 3.05) is 6.54 Å². The van der Waals surface area contributed by atoms with Crippen LogP contribution in [0.3, 0.4) is 0 Å². The lowest BCUT2D eigenvalue weighted by molar-refractivity contribution is -0.137. The summed E-state index contributed by atoms with van der Waals surface area (Å²) in [4.78, 5) is 24.4. The number of carboxylic acid groups (broad SMARTS) is 1. The third-order valence-electron chi connectivity index (χ3n) is 3.73. The molecule has 0 aromatic heterocycles. The van der Waals surface area contributed by atoms with Gasteiger partial charge >= 0.3 is 12.0 Å². The Kier molecular flexibility index (Phi) is 3.54. The van der Waals surface area contributed by atoms with E-state index >= 15 is 0 Å². The number of rotatable bonds is 4. The predicted molar refractivity (Wildman–Crippen MR) is 62.7 cm³/mol. The van der Waals surface area contributed by atoms with Crippen LogP contribution in [0.15, 0.2) is 0 Å². The highest BCUT2D eigenvalue weighted by Crippen LogP contribution is 2.32. The second-order valence-corrected chi connectivity index (χ2v) is 5.16. The molecule has 2 amide bonds. The van der Waals surface area contributed by atoms with Gasteiger partial charge in [0.25, 0.3) is 0 Å². The summed E-state index contributed by atoms with van der Waals surface area (Å²) in [6, 6.07) is 0.000584. The van der Waals surface area contributed by atoms with Crippen molar-refractivity contribution in [1.29, 1.82) is 0 Å². The van der Waals surface area contributed by atoms with Crippen molar-refractivity contribution in [3.63, 3.8) is 0 Å². The normalized spacial score (nSPS) is 25.7. The molecule has 0 radical (unpaired) electrons.